The van der Waals surface area contributed by atoms with Crippen molar-refractivity contribution in [1.82, 2.24) is 4.90 Å². The lowest BCUT2D eigenvalue weighted by atomic mass is 10.0. The molecule has 1 aromatic rings. The van der Waals surface area contributed by atoms with Crippen LogP contribution in [0.2, 0.25) is 0 Å². The first kappa shape index (κ1) is 18.0. The van der Waals surface area contributed by atoms with Crippen molar-refractivity contribution in [3.05, 3.63) is 35.9 Å². The predicted octanol–water partition coefficient (Wildman–Crippen LogP) is 2.61. The van der Waals surface area contributed by atoms with Crippen molar-refractivity contribution in [2.45, 2.75) is 31.7 Å². The van der Waals surface area contributed by atoms with Gasteiger partial charge in [-0.25, -0.2) is 0 Å². The molecule has 0 aromatic heterocycles. The molecule has 0 saturated carbocycles. The number of benzene rings is 1. The summed E-state index contributed by atoms with van der Waals surface area (Å²) < 4.78 is 5.59. The number of carbonyl (C=O) groups is 1. The normalized spacial score (nSPS) is 19.0. The summed E-state index contributed by atoms with van der Waals surface area (Å²) in [5.74, 6) is -0.701. The van der Waals surface area contributed by atoms with Crippen molar-refractivity contribution < 1.29 is 14.6 Å². The van der Waals surface area contributed by atoms with Crippen LogP contribution in [-0.4, -0.2) is 48.3 Å². The average molecular weight is 314 g/mol. The molecule has 1 aromatic carbocycles. The number of carboxylic acids is 1. The van der Waals surface area contributed by atoms with E-state index in [1.54, 1.807) is 0 Å². The second-order valence-corrected chi connectivity index (χ2v) is 5.31. The van der Waals surface area contributed by atoms with Crippen LogP contribution in [0.4, 0.5) is 0 Å². The Labute approximate surface area is 132 Å². The van der Waals surface area contributed by atoms with Gasteiger partial charge in [-0.3, -0.25) is 9.69 Å². The minimum atomic E-state index is -0.701. The van der Waals surface area contributed by atoms with Crippen LogP contribution >= 0.6 is 12.4 Å². The quantitative estimate of drug-likeness (QED) is 0.786. The molecule has 21 heavy (non-hydrogen) atoms. The molecule has 0 bridgehead atoms. The van der Waals surface area contributed by atoms with Crippen LogP contribution in [0, 0.1) is 0 Å². The Balaban J connectivity index is 0.00000220. The van der Waals surface area contributed by atoms with Gasteiger partial charge in [0.2, 0.25) is 0 Å². The van der Waals surface area contributed by atoms with E-state index in [1.807, 2.05) is 6.07 Å². The maximum atomic E-state index is 10.5. The first-order valence-electron chi connectivity index (χ1n) is 7.33. The Morgan fingerprint density at radius 1 is 1.29 bits per heavy atom. The van der Waals surface area contributed by atoms with Gasteiger partial charge in [0, 0.05) is 19.0 Å². The van der Waals surface area contributed by atoms with Gasteiger partial charge in [0.15, 0.2) is 0 Å². The van der Waals surface area contributed by atoms with Gasteiger partial charge in [0.25, 0.3) is 0 Å². The van der Waals surface area contributed by atoms with Crippen molar-refractivity contribution in [3.63, 3.8) is 0 Å². The van der Waals surface area contributed by atoms with Gasteiger partial charge in [0.05, 0.1) is 13.2 Å². The van der Waals surface area contributed by atoms with E-state index in [2.05, 4.69) is 29.2 Å². The zero-order valence-corrected chi connectivity index (χ0v) is 13.1. The third-order valence-corrected chi connectivity index (χ3v) is 3.75. The monoisotopic (exact) mass is 313 g/mol. The fourth-order valence-corrected chi connectivity index (χ4v) is 2.65. The van der Waals surface area contributed by atoms with E-state index < -0.39 is 5.97 Å². The zero-order valence-electron chi connectivity index (χ0n) is 12.2. The smallest absolute Gasteiger partial charge is 0.303 e. The summed E-state index contributed by atoms with van der Waals surface area (Å²) in [5, 5.41) is 8.66. The average Bonchev–Trinajstić information content (AvgIpc) is 2.46. The molecule has 1 fully saturated rings. The van der Waals surface area contributed by atoms with Gasteiger partial charge in [-0.2, -0.15) is 0 Å². The van der Waals surface area contributed by atoms with Crippen LogP contribution in [0.1, 0.15) is 24.8 Å². The summed E-state index contributed by atoms with van der Waals surface area (Å²) in [7, 11) is 0. The molecule has 4 nitrogen and oxygen atoms in total. The lowest BCUT2D eigenvalue weighted by molar-refractivity contribution is -0.137. The van der Waals surface area contributed by atoms with E-state index >= 15 is 0 Å². The third kappa shape index (κ3) is 6.46. The molecule has 0 aliphatic carbocycles. The van der Waals surface area contributed by atoms with Crippen LogP contribution in [0.15, 0.2) is 30.3 Å². The van der Waals surface area contributed by atoms with Crippen molar-refractivity contribution >= 4 is 18.4 Å². The molecular formula is C16H24ClNO3. The largest absolute Gasteiger partial charge is 0.481 e. The van der Waals surface area contributed by atoms with E-state index in [9.17, 15) is 4.79 Å². The molecule has 1 N–H and O–H groups in total. The molecule has 118 valence electrons. The highest BCUT2D eigenvalue weighted by Crippen LogP contribution is 2.14. The number of hydrogen-bond acceptors (Lipinski definition) is 3. The van der Waals surface area contributed by atoms with E-state index in [0.717, 1.165) is 45.6 Å². The lowest BCUT2D eigenvalue weighted by Gasteiger charge is -2.35. The Morgan fingerprint density at radius 2 is 2.05 bits per heavy atom. The number of unbranched alkanes of at least 4 members (excludes halogenated alkanes) is 1. The van der Waals surface area contributed by atoms with Gasteiger partial charge in [-0.15, -0.1) is 12.4 Å². The Bertz CT molecular complexity index is 413. The number of morpholine rings is 1. The summed E-state index contributed by atoms with van der Waals surface area (Å²) in [6.45, 7) is 3.47. The molecular weight excluding hydrogens is 290 g/mol. The highest BCUT2D eigenvalue weighted by Gasteiger charge is 2.22. The minimum absolute atomic E-state index is 0. The predicted molar refractivity (Wildman–Crippen MR) is 85.1 cm³/mol. The van der Waals surface area contributed by atoms with Crippen LogP contribution in [0.5, 0.6) is 0 Å². The second-order valence-electron chi connectivity index (χ2n) is 5.31. The maximum absolute atomic E-state index is 10.5. The van der Waals surface area contributed by atoms with Gasteiger partial charge >= 0.3 is 5.97 Å². The van der Waals surface area contributed by atoms with Crippen molar-refractivity contribution in [2.24, 2.45) is 0 Å². The molecule has 1 heterocycles. The molecule has 1 aliphatic rings. The van der Waals surface area contributed by atoms with Crippen molar-refractivity contribution in [2.75, 3.05) is 26.3 Å². The van der Waals surface area contributed by atoms with Crippen molar-refractivity contribution in [1.29, 1.82) is 0 Å². The molecule has 0 amide bonds. The van der Waals surface area contributed by atoms with Crippen LogP contribution < -0.4 is 0 Å². The lowest BCUT2D eigenvalue weighted by Crippen LogP contribution is -2.46. The Morgan fingerprint density at radius 3 is 2.76 bits per heavy atom. The molecule has 0 spiro atoms. The number of carboxylic acid groups (broad SMARTS) is 1. The number of halogens is 1. The van der Waals surface area contributed by atoms with Gasteiger partial charge in [-0.05, 0) is 31.4 Å². The number of hydrogen-bond donors (Lipinski definition) is 1. The number of nitrogens with zero attached hydrogens (tertiary/aromatic N) is 1. The summed E-state index contributed by atoms with van der Waals surface area (Å²) in [4.78, 5) is 13.0. The van der Waals surface area contributed by atoms with Crippen LogP contribution in [0.3, 0.4) is 0 Å². The Kier molecular flexibility index (Phi) is 8.35. The fraction of sp³-hybridized carbons (Fsp3) is 0.562. The topological polar surface area (TPSA) is 49.8 Å². The SMILES string of the molecule is Cl.O=C(O)CCCCN1CCOCC1Cc1ccccc1. The van der Waals surface area contributed by atoms with Crippen molar-refractivity contribution in [3.8, 4) is 0 Å². The summed E-state index contributed by atoms with van der Waals surface area (Å²) >= 11 is 0. The summed E-state index contributed by atoms with van der Waals surface area (Å²) in [5.41, 5.74) is 1.33. The Hall–Kier alpha value is -1.10. The second kappa shape index (κ2) is 9.77. The molecule has 1 unspecified atom stereocenters. The first-order chi connectivity index (χ1) is 9.75. The summed E-state index contributed by atoms with van der Waals surface area (Å²) in [6, 6.07) is 10.9. The number of ether oxygens (including phenoxy) is 1. The summed E-state index contributed by atoms with van der Waals surface area (Å²) in [6.07, 6.45) is 2.97. The molecule has 1 saturated heterocycles. The van der Waals surface area contributed by atoms with E-state index in [-0.39, 0.29) is 18.8 Å². The minimum Gasteiger partial charge on any atom is -0.481 e. The van der Waals surface area contributed by atoms with E-state index in [0.29, 0.717) is 6.04 Å². The van der Waals surface area contributed by atoms with E-state index in [4.69, 9.17) is 9.84 Å². The maximum Gasteiger partial charge on any atom is 0.303 e. The number of aliphatic carboxylic acids is 1. The van der Waals surface area contributed by atoms with Crippen LogP contribution in [0.25, 0.3) is 0 Å². The molecule has 1 atom stereocenters. The number of rotatable bonds is 7. The van der Waals surface area contributed by atoms with E-state index in [1.165, 1.54) is 5.56 Å². The molecule has 1 aliphatic heterocycles. The van der Waals surface area contributed by atoms with Gasteiger partial charge < -0.3 is 9.84 Å². The van der Waals surface area contributed by atoms with Crippen LogP contribution in [-0.2, 0) is 16.0 Å². The highest BCUT2D eigenvalue weighted by atomic mass is 35.5. The fourth-order valence-electron chi connectivity index (χ4n) is 2.65. The zero-order chi connectivity index (χ0) is 14.2. The standard InChI is InChI=1S/C16H23NO3.ClH/c18-16(19)8-4-5-9-17-10-11-20-13-15(17)12-14-6-2-1-3-7-14;/h1-3,6-7,15H,4-5,8-13H2,(H,18,19);1H. The molecule has 5 heteroatoms. The highest BCUT2D eigenvalue weighted by molar-refractivity contribution is 5.85. The molecule has 2 rings (SSSR count). The van der Waals surface area contributed by atoms with Gasteiger partial charge in [0.1, 0.15) is 0 Å². The van der Waals surface area contributed by atoms with Gasteiger partial charge in [-0.1, -0.05) is 30.3 Å². The molecule has 0 radical (unpaired) electrons. The first-order valence-corrected chi connectivity index (χ1v) is 7.33. The third-order valence-electron chi connectivity index (χ3n) is 3.75.